The molecule has 1 saturated heterocycles. The van der Waals surface area contributed by atoms with Gasteiger partial charge in [0.25, 0.3) is 0 Å². The second-order valence-electron chi connectivity index (χ2n) is 7.52. The van der Waals surface area contributed by atoms with Crippen LogP contribution in [0.4, 0.5) is 14.7 Å². The molecule has 1 aliphatic heterocycles. The molecule has 0 aliphatic carbocycles. The van der Waals surface area contributed by atoms with Gasteiger partial charge in [0.1, 0.15) is 11.6 Å². The lowest BCUT2D eigenvalue weighted by Gasteiger charge is -2.33. The molecule has 30 heavy (non-hydrogen) atoms. The Bertz CT molecular complexity index is 1060. The normalized spacial score (nSPS) is 16.5. The lowest BCUT2D eigenvalue weighted by atomic mass is 9.89. The highest BCUT2D eigenvalue weighted by molar-refractivity contribution is 5.79. The monoisotopic (exact) mass is 408 g/mol. The number of carbonyl (C=O) groups is 1. The van der Waals surface area contributed by atoms with Gasteiger partial charge in [-0.3, -0.25) is 4.79 Å². The van der Waals surface area contributed by atoms with Crippen LogP contribution in [0.3, 0.4) is 0 Å². The van der Waals surface area contributed by atoms with Gasteiger partial charge >= 0.3 is 0 Å². The molecular weight excluding hydrogens is 386 g/mol. The van der Waals surface area contributed by atoms with E-state index in [2.05, 4.69) is 9.97 Å². The van der Waals surface area contributed by atoms with E-state index in [0.29, 0.717) is 18.7 Å². The van der Waals surface area contributed by atoms with Gasteiger partial charge in [-0.05, 0) is 48.2 Å². The summed E-state index contributed by atoms with van der Waals surface area (Å²) in [6, 6.07) is 12.2. The zero-order valence-electron chi connectivity index (χ0n) is 16.4. The van der Waals surface area contributed by atoms with Crippen LogP contribution in [0.15, 0.2) is 54.7 Å². The van der Waals surface area contributed by atoms with Crippen LogP contribution >= 0.6 is 0 Å². The first-order valence-electron chi connectivity index (χ1n) is 9.90. The third-order valence-electron chi connectivity index (χ3n) is 5.40. The number of rotatable bonds is 4. The average molecular weight is 408 g/mol. The number of nitrogens with two attached hydrogens (primary N) is 1. The predicted octanol–water partition coefficient (Wildman–Crippen LogP) is 3.95. The summed E-state index contributed by atoms with van der Waals surface area (Å²) in [5, 5.41) is 0. The van der Waals surface area contributed by atoms with Crippen molar-refractivity contribution in [3.8, 4) is 11.1 Å². The molecule has 1 atom stereocenters. The van der Waals surface area contributed by atoms with E-state index in [1.54, 1.807) is 24.4 Å². The predicted molar refractivity (Wildman–Crippen MR) is 110 cm³/mol. The van der Waals surface area contributed by atoms with E-state index >= 15 is 0 Å². The van der Waals surface area contributed by atoms with E-state index in [1.165, 1.54) is 24.3 Å². The number of benzene rings is 2. The molecule has 7 heteroatoms. The molecule has 4 rings (SSSR count). The van der Waals surface area contributed by atoms with Crippen molar-refractivity contribution in [1.82, 2.24) is 14.9 Å². The Hall–Kier alpha value is -3.35. The molecule has 0 radical (unpaired) electrons. The van der Waals surface area contributed by atoms with Gasteiger partial charge in [0.15, 0.2) is 0 Å². The van der Waals surface area contributed by atoms with E-state index in [9.17, 15) is 13.6 Å². The molecule has 5 nitrogen and oxygen atoms in total. The smallest absolute Gasteiger partial charge is 0.227 e. The number of piperidine rings is 1. The quantitative estimate of drug-likeness (QED) is 0.710. The standard InChI is InChI=1S/C23H22F2N4O/c24-18-8-6-15(7-9-18)11-21(30)29-10-2-4-17(14-29)22-20(13-27-23(26)28-22)16-3-1-5-19(25)12-16/h1,3,5-9,12-13,17H,2,4,10-11,14H2,(H2,26,27,28)/t17-/m1/s1. The number of aromatic nitrogens is 2. The molecule has 0 saturated carbocycles. The van der Waals surface area contributed by atoms with E-state index in [-0.39, 0.29) is 35.8 Å². The van der Waals surface area contributed by atoms with Gasteiger partial charge in [0.2, 0.25) is 11.9 Å². The van der Waals surface area contributed by atoms with Crippen molar-refractivity contribution in [3.05, 3.63) is 77.6 Å². The number of hydrogen-bond acceptors (Lipinski definition) is 4. The van der Waals surface area contributed by atoms with Crippen LogP contribution in [-0.4, -0.2) is 33.9 Å². The SMILES string of the molecule is Nc1ncc(-c2cccc(F)c2)c([C@@H]2CCCN(C(=O)Cc3ccc(F)cc3)C2)n1. The Kier molecular flexibility index (Phi) is 5.70. The largest absolute Gasteiger partial charge is 0.368 e. The molecule has 0 bridgehead atoms. The van der Waals surface area contributed by atoms with Crippen molar-refractivity contribution in [2.24, 2.45) is 0 Å². The average Bonchev–Trinajstić information content (AvgIpc) is 2.75. The number of likely N-dealkylation sites (tertiary alicyclic amines) is 1. The fraction of sp³-hybridized carbons (Fsp3) is 0.261. The zero-order chi connectivity index (χ0) is 21.1. The summed E-state index contributed by atoms with van der Waals surface area (Å²) in [5.74, 6) is -0.550. The number of halogens is 2. The van der Waals surface area contributed by atoms with E-state index in [0.717, 1.165) is 29.7 Å². The number of nitrogen functional groups attached to an aromatic ring is 1. The van der Waals surface area contributed by atoms with E-state index in [1.807, 2.05) is 11.0 Å². The number of amides is 1. The van der Waals surface area contributed by atoms with Gasteiger partial charge in [-0.25, -0.2) is 18.7 Å². The molecule has 3 aromatic rings. The summed E-state index contributed by atoms with van der Waals surface area (Å²) in [6.45, 7) is 1.16. The van der Waals surface area contributed by atoms with Gasteiger partial charge in [-0.15, -0.1) is 0 Å². The fourth-order valence-electron chi connectivity index (χ4n) is 3.91. The molecule has 154 valence electrons. The van der Waals surface area contributed by atoms with Crippen molar-refractivity contribution < 1.29 is 13.6 Å². The second kappa shape index (κ2) is 8.57. The number of hydrogen-bond donors (Lipinski definition) is 1. The maximum atomic E-state index is 13.8. The topological polar surface area (TPSA) is 72.1 Å². The summed E-state index contributed by atoms with van der Waals surface area (Å²) in [5.41, 5.74) is 8.75. The Balaban J connectivity index is 1.56. The Morgan fingerprint density at radius 1 is 1.13 bits per heavy atom. The van der Waals surface area contributed by atoms with Crippen LogP contribution in [0.2, 0.25) is 0 Å². The Morgan fingerprint density at radius 3 is 2.70 bits per heavy atom. The van der Waals surface area contributed by atoms with Crippen molar-refractivity contribution in [2.45, 2.75) is 25.2 Å². The molecule has 0 spiro atoms. The number of anilines is 1. The van der Waals surface area contributed by atoms with Crippen molar-refractivity contribution in [1.29, 1.82) is 0 Å². The Labute approximate surface area is 173 Å². The molecule has 1 amide bonds. The summed E-state index contributed by atoms with van der Waals surface area (Å²) < 4.78 is 26.9. The molecule has 1 fully saturated rings. The highest BCUT2D eigenvalue weighted by atomic mass is 19.1. The lowest BCUT2D eigenvalue weighted by Crippen LogP contribution is -2.40. The first kappa shape index (κ1) is 19.9. The number of nitrogens with zero attached hydrogens (tertiary/aromatic N) is 3. The minimum Gasteiger partial charge on any atom is -0.368 e. The van der Waals surface area contributed by atoms with Gasteiger partial charge in [-0.1, -0.05) is 24.3 Å². The third kappa shape index (κ3) is 4.45. The highest BCUT2D eigenvalue weighted by Gasteiger charge is 2.28. The van der Waals surface area contributed by atoms with Crippen molar-refractivity contribution in [2.75, 3.05) is 18.8 Å². The van der Waals surface area contributed by atoms with Crippen LogP contribution in [0.25, 0.3) is 11.1 Å². The van der Waals surface area contributed by atoms with Gasteiger partial charge in [0, 0.05) is 30.8 Å². The highest BCUT2D eigenvalue weighted by Crippen LogP contribution is 2.33. The fourth-order valence-corrected chi connectivity index (χ4v) is 3.91. The summed E-state index contributed by atoms with van der Waals surface area (Å²) in [7, 11) is 0. The summed E-state index contributed by atoms with van der Waals surface area (Å²) in [4.78, 5) is 23.2. The van der Waals surface area contributed by atoms with Gasteiger partial charge < -0.3 is 10.6 Å². The van der Waals surface area contributed by atoms with Crippen LogP contribution in [0.5, 0.6) is 0 Å². The zero-order valence-corrected chi connectivity index (χ0v) is 16.4. The van der Waals surface area contributed by atoms with Crippen molar-refractivity contribution >= 4 is 11.9 Å². The first-order valence-corrected chi connectivity index (χ1v) is 9.90. The molecular formula is C23H22F2N4O. The van der Waals surface area contributed by atoms with E-state index < -0.39 is 0 Å². The molecule has 2 heterocycles. The van der Waals surface area contributed by atoms with Crippen LogP contribution in [-0.2, 0) is 11.2 Å². The molecule has 0 unspecified atom stereocenters. The lowest BCUT2D eigenvalue weighted by molar-refractivity contribution is -0.131. The van der Waals surface area contributed by atoms with Crippen molar-refractivity contribution in [3.63, 3.8) is 0 Å². The molecule has 2 N–H and O–H groups in total. The molecule has 1 aromatic heterocycles. The molecule has 2 aromatic carbocycles. The Morgan fingerprint density at radius 2 is 1.93 bits per heavy atom. The number of carbonyl (C=O) groups excluding carboxylic acids is 1. The first-order chi connectivity index (χ1) is 14.5. The van der Waals surface area contributed by atoms with Crippen LogP contribution < -0.4 is 5.73 Å². The maximum absolute atomic E-state index is 13.8. The summed E-state index contributed by atoms with van der Waals surface area (Å²) in [6.07, 6.45) is 3.51. The minimum absolute atomic E-state index is 0.0133. The van der Waals surface area contributed by atoms with Crippen LogP contribution in [0.1, 0.15) is 30.0 Å². The molecule has 1 aliphatic rings. The second-order valence-corrected chi connectivity index (χ2v) is 7.52. The maximum Gasteiger partial charge on any atom is 0.227 e. The van der Waals surface area contributed by atoms with Gasteiger partial charge in [-0.2, -0.15) is 0 Å². The third-order valence-corrected chi connectivity index (χ3v) is 5.40. The van der Waals surface area contributed by atoms with Crippen LogP contribution in [0, 0.1) is 11.6 Å². The summed E-state index contributed by atoms with van der Waals surface area (Å²) >= 11 is 0. The van der Waals surface area contributed by atoms with Gasteiger partial charge in [0.05, 0.1) is 12.1 Å². The van der Waals surface area contributed by atoms with E-state index in [4.69, 9.17) is 5.73 Å². The minimum atomic E-state index is -0.338.